The maximum absolute atomic E-state index is 13.1. The summed E-state index contributed by atoms with van der Waals surface area (Å²) >= 11 is 12.0. The van der Waals surface area contributed by atoms with Crippen molar-refractivity contribution in [3.63, 3.8) is 0 Å². The second-order valence-electron chi connectivity index (χ2n) is 7.89. The average molecular weight is 543 g/mol. The van der Waals surface area contributed by atoms with Gasteiger partial charge in [-0.2, -0.15) is 13.2 Å². The molecule has 0 saturated heterocycles. The number of hydrogen-bond acceptors (Lipinski definition) is 6. The molecule has 2 aromatic carbocycles. The lowest BCUT2D eigenvalue weighted by atomic mass is 10.2. The van der Waals surface area contributed by atoms with Crippen LogP contribution in [0.4, 0.5) is 13.2 Å². The Kier molecular flexibility index (Phi) is 7.23. The molecule has 0 bridgehead atoms. The van der Waals surface area contributed by atoms with Crippen LogP contribution in [0.15, 0.2) is 53.3 Å². The first-order chi connectivity index (χ1) is 16.9. The van der Waals surface area contributed by atoms with Crippen LogP contribution in [0, 0.1) is 0 Å². The van der Waals surface area contributed by atoms with Crippen LogP contribution in [-0.4, -0.2) is 51.6 Å². The molecule has 0 aliphatic carbocycles. The number of hydrogen-bond donors (Lipinski definition) is 2. The van der Waals surface area contributed by atoms with Crippen LogP contribution >= 0.6 is 23.2 Å². The highest BCUT2D eigenvalue weighted by Gasteiger charge is 2.39. The molecule has 2 unspecified atom stereocenters. The fourth-order valence-corrected chi connectivity index (χ4v) is 3.75. The van der Waals surface area contributed by atoms with Crippen LogP contribution in [-0.2, 0) is 13.1 Å². The van der Waals surface area contributed by atoms with E-state index < -0.39 is 30.6 Å². The maximum atomic E-state index is 13.1. The fourth-order valence-electron chi connectivity index (χ4n) is 3.44. The Labute approximate surface area is 212 Å². The third-order valence-corrected chi connectivity index (χ3v) is 5.64. The van der Waals surface area contributed by atoms with Crippen LogP contribution in [0.5, 0.6) is 0 Å². The maximum Gasteiger partial charge on any atom is 0.416 e. The van der Waals surface area contributed by atoms with Gasteiger partial charge < -0.3 is 10.2 Å². The van der Waals surface area contributed by atoms with Crippen molar-refractivity contribution >= 4 is 23.2 Å². The van der Waals surface area contributed by atoms with E-state index in [0.717, 1.165) is 9.25 Å². The van der Waals surface area contributed by atoms with Gasteiger partial charge in [0.05, 0.1) is 12.2 Å². The highest BCUT2D eigenvalue weighted by atomic mass is 35.5. The van der Waals surface area contributed by atoms with Crippen molar-refractivity contribution in [3.8, 4) is 17.1 Å². The van der Waals surface area contributed by atoms with Crippen molar-refractivity contribution < 1.29 is 23.4 Å². The van der Waals surface area contributed by atoms with E-state index in [0.29, 0.717) is 21.3 Å². The summed E-state index contributed by atoms with van der Waals surface area (Å²) < 4.78 is 42.1. The summed E-state index contributed by atoms with van der Waals surface area (Å²) in [6.07, 6.45) is -8.77. The first kappa shape index (κ1) is 25.9. The third kappa shape index (κ3) is 5.46. The predicted octanol–water partition coefficient (Wildman–Crippen LogP) is 3.62. The minimum Gasteiger partial charge on any atom is -0.385 e. The quantitative estimate of drug-likeness (QED) is 0.369. The summed E-state index contributed by atoms with van der Waals surface area (Å²) in [5.74, 6) is 0.117. The van der Waals surface area contributed by atoms with Gasteiger partial charge in [0.25, 0.3) is 0 Å². The van der Waals surface area contributed by atoms with Crippen LogP contribution in [0.1, 0.15) is 24.7 Å². The predicted molar refractivity (Wildman–Crippen MR) is 125 cm³/mol. The van der Waals surface area contributed by atoms with Crippen LogP contribution in [0.2, 0.25) is 10.0 Å². The van der Waals surface area contributed by atoms with Crippen LogP contribution in [0.25, 0.3) is 17.1 Å². The molecule has 36 heavy (non-hydrogen) atoms. The Hall–Kier alpha value is -3.19. The second kappa shape index (κ2) is 10.1. The van der Waals surface area contributed by atoms with E-state index in [1.807, 2.05) is 0 Å². The highest BCUT2D eigenvalue weighted by molar-refractivity contribution is 6.31. The first-order valence-corrected chi connectivity index (χ1v) is 11.3. The van der Waals surface area contributed by atoms with Gasteiger partial charge in [0.15, 0.2) is 23.6 Å². The van der Waals surface area contributed by atoms with Crippen molar-refractivity contribution in [2.24, 2.45) is 0 Å². The van der Waals surface area contributed by atoms with Crippen molar-refractivity contribution in [2.45, 2.75) is 38.4 Å². The summed E-state index contributed by atoms with van der Waals surface area (Å²) in [6, 6.07) is 12.6. The average Bonchev–Trinajstić information content (AvgIpc) is 3.36. The van der Waals surface area contributed by atoms with Gasteiger partial charge in [-0.05, 0) is 49.4 Å². The largest absolute Gasteiger partial charge is 0.416 e. The summed E-state index contributed by atoms with van der Waals surface area (Å²) in [5, 5.41) is 29.1. The van der Waals surface area contributed by atoms with Gasteiger partial charge in [-0.1, -0.05) is 29.3 Å². The summed E-state index contributed by atoms with van der Waals surface area (Å²) in [7, 11) is 0. The molecule has 14 heteroatoms. The minimum atomic E-state index is -4.94. The summed E-state index contributed by atoms with van der Waals surface area (Å²) in [4.78, 5) is 17.3. The van der Waals surface area contributed by atoms with Gasteiger partial charge in [-0.25, -0.2) is 19.1 Å². The minimum absolute atomic E-state index is 0.0663. The molecule has 0 spiro atoms. The zero-order valence-corrected chi connectivity index (χ0v) is 20.1. The van der Waals surface area contributed by atoms with Crippen LogP contribution in [0.3, 0.4) is 0 Å². The zero-order chi connectivity index (χ0) is 26.2. The molecule has 0 amide bonds. The van der Waals surface area contributed by atoms with Crippen molar-refractivity contribution in [1.82, 2.24) is 29.1 Å². The molecule has 0 aliphatic heterocycles. The van der Waals surface area contributed by atoms with Gasteiger partial charge in [0, 0.05) is 15.6 Å². The molecule has 0 radical (unpaired) electrons. The lowest BCUT2D eigenvalue weighted by molar-refractivity contribution is -0.207. The molecule has 2 atom stereocenters. The first-order valence-electron chi connectivity index (χ1n) is 10.5. The highest BCUT2D eigenvalue weighted by Crippen LogP contribution is 2.24. The Morgan fingerprint density at radius 2 is 1.72 bits per heavy atom. The number of alkyl halides is 3. The molecule has 4 aromatic rings. The van der Waals surface area contributed by atoms with Gasteiger partial charge in [-0.3, -0.25) is 4.57 Å². The number of rotatable bonds is 7. The molecule has 2 aromatic heterocycles. The normalized spacial score (nSPS) is 13.7. The van der Waals surface area contributed by atoms with Gasteiger partial charge in [0.2, 0.25) is 0 Å². The Bertz CT molecular complexity index is 1430. The SMILES string of the molecule is CC(O)c1nc(Cn2nc(-c3ccc(Cl)cc3)n(CC(O)C(F)(F)F)c2=O)nn1-c1cccc(Cl)c1. The molecule has 2 heterocycles. The van der Waals surface area contributed by atoms with E-state index in [2.05, 4.69) is 15.2 Å². The lowest BCUT2D eigenvalue weighted by Crippen LogP contribution is -2.37. The Morgan fingerprint density at radius 3 is 2.33 bits per heavy atom. The Balaban J connectivity index is 1.77. The second-order valence-corrected chi connectivity index (χ2v) is 8.77. The van der Waals surface area contributed by atoms with Crippen molar-refractivity contribution in [3.05, 3.63) is 80.7 Å². The van der Waals surface area contributed by atoms with Crippen molar-refractivity contribution in [1.29, 1.82) is 0 Å². The van der Waals surface area contributed by atoms with E-state index >= 15 is 0 Å². The monoisotopic (exact) mass is 542 g/mol. The lowest BCUT2D eigenvalue weighted by Gasteiger charge is -2.15. The molecule has 190 valence electrons. The van der Waals surface area contributed by atoms with E-state index in [9.17, 15) is 28.2 Å². The summed E-state index contributed by atoms with van der Waals surface area (Å²) in [5.41, 5.74) is -0.0992. The van der Waals surface area contributed by atoms with E-state index in [1.165, 1.54) is 35.9 Å². The molecule has 0 saturated carbocycles. The number of aliphatic hydroxyl groups excluding tert-OH is 2. The van der Waals surface area contributed by atoms with E-state index in [4.69, 9.17) is 23.2 Å². The molecule has 0 fully saturated rings. The number of halogens is 5. The molecule has 2 N–H and O–H groups in total. The Morgan fingerprint density at radius 1 is 1.03 bits per heavy atom. The molecular formula is C22H19Cl2F3N6O3. The number of aromatic nitrogens is 6. The van der Waals surface area contributed by atoms with E-state index in [1.54, 1.807) is 24.3 Å². The smallest absolute Gasteiger partial charge is 0.385 e. The van der Waals surface area contributed by atoms with Crippen LogP contribution < -0.4 is 5.69 Å². The fraction of sp³-hybridized carbons (Fsp3) is 0.273. The molecular weight excluding hydrogens is 524 g/mol. The topological polar surface area (TPSA) is 111 Å². The standard InChI is InChI=1S/C22H19Cl2F3N6O3/c1-12(34)19-28-18(29-33(19)16-4-2-3-15(24)9-16)11-32-21(36)31(10-17(35)22(25,26)27)20(30-32)13-5-7-14(23)8-6-13/h2-9,12,17,34-35H,10-11H2,1H3. The van der Waals surface area contributed by atoms with Gasteiger partial charge in [-0.15, -0.1) is 10.2 Å². The third-order valence-electron chi connectivity index (χ3n) is 5.15. The number of nitrogens with zero attached hydrogens (tertiary/aromatic N) is 6. The molecule has 0 aliphatic rings. The number of aliphatic hydroxyl groups is 2. The molecule has 9 nitrogen and oxygen atoms in total. The summed E-state index contributed by atoms with van der Waals surface area (Å²) in [6.45, 7) is 0.0956. The van der Waals surface area contributed by atoms with Crippen molar-refractivity contribution in [2.75, 3.05) is 0 Å². The molecule has 4 rings (SSSR count). The van der Waals surface area contributed by atoms with Gasteiger partial charge in [0.1, 0.15) is 12.6 Å². The van der Waals surface area contributed by atoms with E-state index in [-0.39, 0.29) is 24.0 Å². The zero-order valence-electron chi connectivity index (χ0n) is 18.6. The number of benzene rings is 2. The van der Waals surface area contributed by atoms with Gasteiger partial charge >= 0.3 is 11.9 Å².